The van der Waals surface area contributed by atoms with Crippen LogP contribution in [0.25, 0.3) is 22.3 Å². The summed E-state index contributed by atoms with van der Waals surface area (Å²) < 4.78 is 7.64. The standard InChI is InChI=1S/C24H24N6O2/c1-3-7-20(31)29(2)14-15-30-24-21(23(25)26-16-27-24)22(28-30)17-10-12-19(13-11-17)32-18-8-5-4-6-9-18/h3-13,16H,14-15H2,1-2H3,(H2,25,26,27)/b7-3+. The average Bonchev–Trinajstić information content (AvgIpc) is 3.19. The fourth-order valence-electron chi connectivity index (χ4n) is 3.32. The Morgan fingerprint density at radius 1 is 1.09 bits per heavy atom. The average molecular weight is 428 g/mol. The van der Waals surface area contributed by atoms with Crippen LogP contribution in [0.15, 0.2) is 73.1 Å². The Kier molecular flexibility index (Phi) is 6.12. The van der Waals surface area contributed by atoms with E-state index in [1.807, 2.05) is 61.5 Å². The first kappa shape index (κ1) is 21.0. The molecule has 0 spiro atoms. The van der Waals surface area contributed by atoms with Gasteiger partial charge in [-0.2, -0.15) is 5.10 Å². The highest BCUT2D eigenvalue weighted by atomic mass is 16.5. The van der Waals surface area contributed by atoms with Crippen molar-refractivity contribution in [1.82, 2.24) is 24.6 Å². The molecule has 0 radical (unpaired) electrons. The molecule has 0 saturated heterocycles. The second kappa shape index (κ2) is 9.30. The summed E-state index contributed by atoms with van der Waals surface area (Å²) in [5.74, 6) is 1.78. The van der Waals surface area contributed by atoms with Crippen molar-refractivity contribution in [3.05, 3.63) is 73.1 Å². The lowest BCUT2D eigenvalue weighted by Gasteiger charge is -2.15. The molecule has 0 fully saturated rings. The maximum absolute atomic E-state index is 12.0. The molecule has 0 aliphatic carbocycles. The van der Waals surface area contributed by atoms with Gasteiger partial charge in [0.2, 0.25) is 5.91 Å². The molecule has 8 nitrogen and oxygen atoms in total. The first-order chi connectivity index (χ1) is 15.6. The third kappa shape index (κ3) is 4.44. The van der Waals surface area contributed by atoms with Crippen molar-refractivity contribution in [2.45, 2.75) is 13.5 Å². The SMILES string of the molecule is C/C=C/C(=O)N(C)CCn1nc(-c2ccc(Oc3ccccc3)cc2)c2c(N)ncnc21. The summed E-state index contributed by atoms with van der Waals surface area (Å²) in [7, 11) is 1.75. The van der Waals surface area contributed by atoms with Crippen molar-refractivity contribution in [3.63, 3.8) is 0 Å². The Morgan fingerprint density at radius 3 is 2.53 bits per heavy atom. The number of ether oxygens (including phenoxy) is 1. The fraction of sp³-hybridized carbons (Fsp3) is 0.167. The maximum atomic E-state index is 12.0. The molecule has 32 heavy (non-hydrogen) atoms. The summed E-state index contributed by atoms with van der Waals surface area (Å²) >= 11 is 0. The van der Waals surface area contributed by atoms with Crippen LogP contribution in [0.5, 0.6) is 11.5 Å². The van der Waals surface area contributed by atoms with Crippen LogP contribution in [0.3, 0.4) is 0 Å². The van der Waals surface area contributed by atoms with E-state index >= 15 is 0 Å². The topological polar surface area (TPSA) is 99.2 Å². The van der Waals surface area contributed by atoms with Gasteiger partial charge in [0, 0.05) is 19.2 Å². The number of hydrogen-bond donors (Lipinski definition) is 1. The molecule has 0 atom stereocenters. The van der Waals surface area contributed by atoms with Crippen LogP contribution in [-0.4, -0.2) is 44.1 Å². The summed E-state index contributed by atoms with van der Waals surface area (Å²) in [4.78, 5) is 22.2. The fourth-order valence-corrected chi connectivity index (χ4v) is 3.32. The van der Waals surface area contributed by atoms with E-state index in [4.69, 9.17) is 15.6 Å². The van der Waals surface area contributed by atoms with E-state index in [0.29, 0.717) is 35.6 Å². The molecule has 0 aliphatic heterocycles. The lowest BCUT2D eigenvalue weighted by Crippen LogP contribution is -2.28. The van der Waals surface area contributed by atoms with Gasteiger partial charge in [-0.25, -0.2) is 14.6 Å². The molecule has 2 N–H and O–H groups in total. The van der Waals surface area contributed by atoms with Crippen molar-refractivity contribution in [2.24, 2.45) is 0 Å². The lowest BCUT2D eigenvalue weighted by atomic mass is 10.1. The van der Waals surface area contributed by atoms with Crippen LogP contribution >= 0.6 is 0 Å². The molecule has 8 heteroatoms. The normalized spacial score (nSPS) is 11.2. The van der Waals surface area contributed by atoms with Crippen molar-refractivity contribution in [2.75, 3.05) is 19.3 Å². The number of aromatic nitrogens is 4. The Hall–Kier alpha value is -4.20. The van der Waals surface area contributed by atoms with Gasteiger partial charge in [-0.05, 0) is 49.4 Å². The van der Waals surface area contributed by atoms with Crippen molar-refractivity contribution in [3.8, 4) is 22.8 Å². The van der Waals surface area contributed by atoms with Crippen LogP contribution in [0, 0.1) is 0 Å². The van der Waals surface area contributed by atoms with E-state index in [9.17, 15) is 4.79 Å². The van der Waals surface area contributed by atoms with Gasteiger partial charge in [-0.15, -0.1) is 0 Å². The van der Waals surface area contributed by atoms with Crippen LogP contribution in [0.1, 0.15) is 6.92 Å². The predicted octanol–water partition coefficient (Wildman–Crippen LogP) is 3.90. The van der Waals surface area contributed by atoms with Gasteiger partial charge in [0.15, 0.2) is 5.65 Å². The zero-order valence-corrected chi connectivity index (χ0v) is 18.0. The highest BCUT2D eigenvalue weighted by molar-refractivity contribution is 5.98. The minimum absolute atomic E-state index is 0.0627. The van der Waals surface area contributed by atoms with Gasteiger partial charge in [0.05, 0.1) is 11.9 Å². The van der Waals surface area contributed by atoms with E-state index in [1.165, 1.54) is 12.4 Å². The number of hydrogen-bond acceptors (Lipinski definition) is 6. The number of anilines is 1. The molecule has 2 heterocycles. The number of likely N-dealkylation sites (N-methyl/N-ethyl adjacent to an activating group) is 1. The highest BCUT2D eigenvalue weighted by Crippen LogP contribution is 2.31. The third-order valence-corrected chi connectivity index (χ3v) is 5.00. The molecule has 0 bridgehead atoms. The Bertz CT molecular complexity index is 1250. The predicted molar refractivity (Wildman–Crippen MR) is 124 cm³/mol. The second-order valence-corrected chi connectivity index (χ2v) is 7.23. The maximum Gasteiger partial charge on any atom is 0.246 e. The summed E-state index contributed by atoms with van der Waals surface area (Å²) in [5.41, 5.74) is 8.37. The van der Waals surface area contributed by atoms with E-state index in [-0.39, 0.29) is 5.91 Å². The number of carbonyl (C=O) groups excluding carboxylic acids is 1. The molecule has 4 rings (SSSR count). The van der Waals surface area contributed by atoms with Crippen LogP contribution in [-0.2, 0) is 11.3 Å². The van der Waals surface area contributed by atoms with E-state index in [0.717, 1.165) is 17.1 Å². The Morgan fingerprint density at radius 2 is 1.81 bits per heavy atom. The Labute approximate surface area is 186 Å². The number of fused-ring (bicyclic) bond motifs is 1. The number of nitrogens with two attached hydrogens (primary N) is 1. The van der Waals surface area contributed by atoms with Gasteiger partial charge in [0.1, 0.15) is 29.3 Å². The molecule has 162 valence electrons. The molecular formula is C24H24N6O2. The molecule has 1 amide bonds. The van der Waals surface area contributed by atoms with Crippen LogP contribution in [0.4, 0.5) is 5.82 Å². The number of nitrogen functional groups attached to an aromatic ring is 1. The van der Waals surface area contributed by atoms with E-state index in [2.05, 4.69) is 9.97 Å². The van der Waals surface area contributed by atoms with Crippen LogP contribution < -0.4 is 10.5 Å². The molecule has 0 aliphatic rings. The summed E-state index contributed by atoms with van der Waals surface area (Å²) in [5, 5.41) is 5.44. The largest absolute Gasteiger partial charge is 0.457 e. The lowest BCUT2D eigenvalue weighted by molar-refractivity contribution is -0.124. The van der Waals surface area contributed by atoms with Gasteiger partial charge in [-0.3, -0.25) is 4.79 Å². The van der Waals surface area contributed by atoms with E-state index < -0.39 is 0 Å². The van der Waals surface area contributed by atoms with Gasteiger partial charge < -0.3 is 15.4 Å². The molecule has 0 unspecified atom stereocenters. The van der Waals surface area contributed by atoms with Crippen molar-refractivity contribution < 1.29 is 9.53 Å². The van der Waals surface area contributed by atoms with Gasteiger partial charge >= 0.3 is 0 Å². The quantitative estimate of drug-likeness (QED) is 0.448. The molecule has 0 saturated carbocycles. The van der Waals surface area contributed by atoms with Crippen LogP contribution in [0.2, 0.25) is 0 Å². The number of benzene rings is 2. The molecular weight excluding hydrogens is 404 g/mol. The third-order valence-electron chi connectivity index (χ3n) is 5.00. The zero-order valence-electron chi connectivity index (χ0n) is 18.0. The first-order valence-corrected chi connectivity index (χ1v) is 10.2. The minimum atomic E-state index is -0.0627. The minimum Gasteiger partial charge on any atom is -0.457 e. The first-order valence-electron chi connectivity index (χ1n) is 10.2. The zero-order chi connectivity index (χ0) is 22.5. The molecule has 2 aromatic carbocycles. The molecule has 2 aromatic heterocycles. The Balaban J connectivity index is 1.62. The summed E-state index contributed by atoms with van der Waals surface area (Å²) in [6.07, 6.45) is 4.68. The number of amides is 1. The second-order valence-electron chi connectivity index (χ2n) is 7.23. The smallest absolute Gasteiger partial charge is 0.246 e. The summed E-state index contributed by atoms with van der Waals surface area (Å²) in [6.45, 7) is 2.77. The highest BCUT2D eigenvalue weighted by Gasteiger charge is 2.17. The number of para-hydroxylation sites is 1. The monoisotopic (exact) mass is 428 g/mol. The number of rotatable bonds is 7. The van der Waals surface area contributed by atoms with Gasteiger partial charge in [0.25, 0.3) is 0 Å². The summed E-state index contributed by atoms with van der Waals surface area (Å²) in [6, 6.07) is 17.2. The van der Waals surface area contributed by atoms with E-state index in [1.54, 1.807) is 22.7 Å². The van der Waals surface area contributed by atoms with Gasteiger partial charge in [-0.1, -0.05) is 24.3 Å². The van der Waals surface area contributed by atoms with Crippen molar-refractivity contribution >= 4 is 22.8 Å². The number of nitrogens with zero attached hydrogens (tertiary/aromatic N) is 5. The number of carbonyl (C=O) groups is 1. The number of allylic oxidation sites excluding steroid dienone is 1. The van der Waals surface area contributed by atoms with Crippen molar-refractivity contribution in [1.29, 1.82) is 0 Å². The molecule has 4 aromatic rings.